The summed E-state index contributed by atoms with van der Waals surface area (Å²) in [4.78, 5) is 16.4. The smallest absolute Gasteiger partial charge is 0.241 e. The number of furan rings is 1. The van der Waals surface area contributed by atoms with Crippen molar-refractivity contribution in [3.63, 3.8) is 0 Å². The standard InChI is InChI=1S/C15H23N5O2.ClH/c1-10(2)14(16)15-18-11(3)19-20(15)9-13(21)17-7-6-12-5-4-8-22-12;/h4-5,8,10,14H,6-7,9,16H2,1-3H3,(H,17,21);1H/t14-;/m0./s1. The van der Waals surface area contributed by atoms with Crippen LogP contribution < -0.4 is 11.1 Å². The second-order valence-electron chi connectivity index (χ2n) is 5.62. The zero-order chi connectivity index (χ0) is 16.1. The number of aryl methyl sites for hydroxylation is 1. The minimum atomic E-state index is -0.239. The van der Waals surface area contributed by atoms with Crippen molar-refractivity contribution in [2.24, 2.45) is 11.7 Å². The van der Waals surface area contributed by atoms with Gasteiger partial charge in [-0.3, -0.25) is 4.79 Å². The SMILES string of the molecule is Cc1nc([C@@H](N)C(C)C)n(CC(=O)NCCc2ccco2)n1.Cl. The van der Waals surface area contributed by atoms with E-state index in [-0.39, 0.29) is 36.8 Å². The number of rotatable bonds is 7. The molecule has 0 radical (unpaired) electrons. The van der Waals surface area contributed by atoms with Gasteiger partial charge in [-0.15, -0.1) is 12.4 Å². The molecule has 2 heterocycles. The van der Waals surface area contributed by atoms with E-state index in [9.17, 15) is 4.79 Å². The van der Waals surface area contributed by atoms with E-state index >= 15 is 0 Å². The number of aromatic nitrogens is 3. The highest BCUT2D eigenvalue weighted by Crippen LogP contribution is 2.16. The Morgan fingerprint density at radius 2 is 2.22 bits per heavy atom. The molecular weight excluding hydrogens is 318 g/mol. The average Bonchev–Trinajstić information content (AvgIpc) is 3.07. The van der Waals surface area contributed by atoms with Crippen molar-refractivity contribution in [2.75, 3.05) is 6.54 Å². The van der Waals surface area contributed by atoms with Crippen molar-refractivity contribution in [1.29, 1.82) is 0 Å². The molecule has 2 aromatic heterocycles. The number of carbonyl (C=O) groups excluding carboxylic acids is 1. The molecule has 0 aromatic carbocycles. The monoisotopic (exact) mass is 341 g/mol. The first-order chi connectivity index (χ1) is 10.5. The van der Waals surface area contributed by atoms with E-state index in [4.69, 9.17) is 10.2 Å². The molecule has 0 fully saturated rings. The van der Waals surface area contributed by atoms with E-state index < -0.39 is 0 Å². The van der Waals surface area contributed by atoms with Gasteiger partial charge < -0.3 is 15.5 Å². The van der Waals surface area contributed by atoms with Crippen LogP contribution in [0.5, 0.6) is 0 Å². The highest BCUT2D eigenvalue weighted by Gasteiger charge is 2.19. The second kappa shape index (κ2) is 8.69. The molecule has 128 valence electrons. The summed E-state index contributed by atoms with van der Waals surface area (Å²) in [7, 11) is 0. The van der Waals surface area contributed by atoms with Gasteiger partial charge in [-0.05, 0) is 25.0 Å². The molecule has 2 aromatic rings. The van der Waals surface area contributed by atoms with Crippen LogP contribution in [-0.2, 0) is 17.8 Å². The number of carbonyl (C=O) groups is 1. The molecule has 0 aliphatic carbocycles. The summed E-state index contributed by atoms with van der Waals surface area (Å²) in [6.45, 7) is 6.47. The quantitative estimate of drug-likeness (QED) is 0.797. The fraction of sp³-hybridized carbons (Fsp3) is 0.533. The highest BCUT2D eigenvalue weighted by molar-refractivity contribution is 5.85. The summed E-state index contributed by atoms with van der Waals surface area (Å²) < 4.78 is 6.80. The van der Waals surface area contributed by atoms with E-state index in [1.807, 2.05) is 26.0 Å². The number of amides is 1. The minimum absolute atomic E-state index is 0. The third-order valence-corrected chi connectivity index (χ3v) is 3.39. The maximum atomic E-state index is 12.0. The van der Waals surface area contributed by atoms with Gasteiger partial charge in [-0.25, -0.2) is 9.67 Å². The first kappa shape index (κ1) is 19.2. The van der Waals surface area contributed by atoms with E-state index in [2.05, 4.69) is 15.4 Å². The van der Waals surface area contributed by atoms with Crippen molar-refractivity contribution < 1.29 is 9.21 Å². The fourth-order valence-corrected chi connectivity index (χ4v) is 2.10. The molecule has 3 N–H and O–H groups in total. The lowest BCUT2D eigenvalue weighted by atomic mass is 10.1. The number of nitrogens with two attached hydrogens (primary N) is 1. The zero-order valence-electron chi connectivity index (χ0n) is 13.7. The maximum absolute atomic E-state index is 12.0. The van der Waals surface area contributed by atoms with E-state index in [0.29, 0.717) is 24.6 Å². The number of hydrogen-bond donors (Lipinski definition) is 2. The molecule has 0 aliphatic rings. The first-order valence-electron chi connectivity index (χ1n) is 7.43. The van der Waals surface area contributed by atoms with Crippen molar-refractivity contribution >= 4 is 18.3 Å². The Hall–Kier alpha value is -1.86. The Bertz CT molecular complexity index is 609. The number of halogens is 1. The zero-order valence-corrected chi connectivity index (χ0v) is 14.5. The van der Waals surface area contributed by atoms with Gasteiger partial charge in [0.25, 0.3) is 0 Å². The molecule has 0 unspecified atom stereocenters. The van der Waals surface area contributed by atoms with Crippen LogP contribution >= 0.6 is 12.4 Å². The summed E-state index contributed by atoms with van der Waals surface area (Å²) in [6, 6.07) is 3.47. The lowest BCUT2D eigenvalue weighted by molar-refractivity contribution is -0.121. The topological polar surface area (TPSA) is 99.0 Å². The summed E-state index contributed by atoms with van der Waals surface area (Å²) in [5, 5.41) is 7.10. The summed E-state index contributed by atoms with van der Waals surface area (Å²) in [5.41, 5.74) is 6.12. The van der Waals surface area contributed by atoms with Crippen LogP contribution in [0.2, 0.25) is 0 Å². The first-order valence-corrected chi connectivity index (χ1v) is 7.43. The van der Waals surface area contributed by atoms with Crippen LogP contribution in [0.1, 0.15) is 37.3 Å². The second-order valence-corrected chi connectivity index (χ2v) is 5.62. The van der Waals surface area contributed by atoms with Gasteiger partial charge in [-0.1, -0.05) is 13.8 Å². The molecule has 0 saturated carbocycles. The van der Waals surface area contributed by atoms with Crippen LogP contribution in [0.15, 0.2) is 22.8 Å². The molecule has 8 heteroatoms. The Morgan fingerprint density at radius 3 is 2.83 bits per heavy atom. The van der Waals surface area contributed by atoms with Gasteiger partial charge in [0.05, 0.1) is 12.3 Å². The third kappa shape index (κ3) is 5.37. The van der Waals surface area contributed by atoms with Crippen LogP contribution in [0, 0.1) is 12.8 Å². The van der Waals surface area contributed by atoms with Gasteiger partial charge in [-0.2, -0.15) is 5.10 Å². The number of nitrogens with zero attached hydrogens (tertiary/aromatic N) is 3. The van der Waals surface area contributed by atoms with E-state index in [0.717, 1.165) is 5.76 Å². The van der Waals surface area contributed by atoms with Gasteiger partial charge in [0.1, 0.15) is 24.0 Å². The summed E-state index contributed by atoms with van der Waals surface area (Å²) >= 11 is 0. The molecule has 1 amide bonds. The van der Waals surface area contributed by atoms with Crippen LogP contribution in [-0.4, -0.2) is 27.2 Å². The predicted molar refractivity (Wildman–Crippen MR) is 89.2 cm³/mol. The molecule has 0 aliphatic heterocycles. The lowest BCUT2D eigenvalue weighted by Gasteiger charge is -2.15. The normalized spacial score (nSPS) is 12.0. The molecule has 1 atom stereocenters. The molecule has 23 heavy (non-hydrogen) atoms. The molecule has 0 bridgehead atoms. The van der Waals surface area contributed by atoms with Crippen molar-refractivity contribution in [2.45, 2.75) is 39.8 Å². The molecular formula is C15H24ClN5O2. The van der Waals surface area contributed by atoms with Gasteiger partial charge in [0.2, 0.25) is 5.91 Å². The van der Waals surface area contributed by atoms with E-state index in [1.165, 1.54) is 0 Å². The van der Waals surface area contributed by atoms with Crippen molar-refractivity contribution in [1.82, 2.24) is 20.1 Å². The maximum Gasteiger partial charge on any atom is 0.241 e. The minimum Gasteiger partial charge on any atom is -0.469 e. The van der Waals surface area contributed by atoms with Crippen LogP contribution in [0.4, 0.5) is 0 Å². The summed E-state index contributed by atoms with van der Waals surface area (Å²) in [5.74, 6) is 2.22. The fourth-order valence-electron chi connectivity index (χ4n) is 2.10. The summed E-state index contributed by atoms with van der Waals surface area (Å²) in [6.07, 6.45) is 2.28. The van der Waals surface area contributed by atoms with Crippen LogP contribution in [0.25, 0.3) is 0 Å². The predicted octanol–water partition coefficient (Wildman–Crippen LogP) is 1.62. The molecule has 2 rings (SSSR count). The highest BCUT2D eigenvalue weighted by atomic mass is 35.5. The van der Waals surface area contributed by atoms with Gasteiger partial charge in [0, 0.05) is 13.0 Å². The molecule has 0 saturated heterocycles. The Kier molecular flexibility index (Phi) is 7.25. The van der Waals surface area contributed by atoms with E-state index in [1.54, 1.807) is 17.9 Å². The third-order valence-electron chi connectivity index (χ3n) is 3.39. The number of nitrogens with one attached hydrogen (secondary N) is 1. The van der Waals surface area contributed by atoms with Crippen molar-refractivity contribution in [3.8, 4) is 0 Å². The van der Waals surface area contributed by atoms with Crippen LogP contribution in [0.3, 0.4) is 0 Å². The Balaban J connectivity index is 0.00000264. The van der Waals surface area contributed by atoms with Gasteiger partial charge >= 0.3 is 0 Å². The van der Waals surface area contributed by atoms with Gasteiger partial charge in [0.15, 0.2) is 0 Å². The number of hydrogen-bond acceptors (Lipinski definition) is 5. The Morgan fingerprint density at radius 1 is 1.48 bits per heavy atom. The molecule has 7 nitrogen and oxygen atoms in total. The Labute approximate surface area is 142 Å². The largest absolute Gasteiger partial charge is 0.469 e. The van der Waals surface area contributed by atoms with Crippen molar-refractivity contribution in [3.05, 3.63) is 35.8 Å². The molecule has 0 spiro atoms. The lowest BCUT2D eigenvalue weighted by Crippen LogP contribution is -2.32. The average molecular weight is 342 g/mol.